The molecule has 9 nitrogen and oxygen atoms in total. The first-order valence-corrected chi connectivity index (χ1v) is 11.3. The number of nitrogens with zero attached hydrogens (tertiary/aromatic N) is 3. The Bertz CT molecular complexity index is 1210. The van der Waals surface area contributed by atoms with E-state index >= 15 is 0 Å². The topological polar surface area (TPSA) is 110 Å². The highest BCUT2D eigenvalue weighted by Gasteiger charge is 2.39. The zero-order valence-corrected chi connectivity index (χ0v) is 17.7. The van der Waals surface area contributed by atoms with Crippen molar-refractivity contribution < 1.29 is 13.2 Å². The Morgan fingerprint density at radius 3 is 2.30 bits per heavy atom. The van der Waals surface area contributed by atoms with Crippen LogP contribution in [0.5, 0.6) is 0 Å². The minimum Gasteiger partial charge on any atom is -0.349 e. The number of aromatic nitrogens is 2. The number of nitrogens with one attached hydrogen (secondary N) is 1. The van der Waals surface area contributed by atoms with Crippen LogP contribution in [0.15, 0.2) is 44.9 Å². The van der Waals surface area contributed by atoms with Gasteiger partial charge in [0.15, 0.2) is 4.90 Å². The molecule has 1 heterocycles. The highest BCUT2D eigenvalue weighted by molar-refractivity contribution is 7.89. The largest absolute Gasteiger partial charge is 0.349 e. The maximum absolute atomic E-state index is 13.3. The summed E-state index contributed by atoms with van der Waals surface area (Å²) in [6, 6.07) is 6.88. The lowest BCUT2D eigenvalue weighted by Gasteiger charge is -2.22. The van der Waals surface area contributed by atoms with Crippen molar-refractivity contribution >= 4 is 15.9 Å². The number of carbonyl (C=O) groups is 1. The van der Waals surface area contributed by atoms with Crippen LogP contribution in [0.2, 0.25) is 0 Å². The molecule has 1 aromatic heterocycles. The summed E-state index contributed by atoms with van der Waals surface area (Å²) in [6.45, 7) is 0.0868. The molecule has 2 aliphatic rings. The molecule has 0 bridgehead atoms. The molecule has 1 N–H and O–H groups in total. The highest BCUT2D eigenvalue weighted by Crippen LogP contribution is 2.32. The van der Waals surface area contributed by atoms with E-state index in [-0.39, 0.29) is 24.5 Å². The summed E-state index contributed by atoms with van der Waals surface area (Å²) in [5, 5.41) is 2.92. The van der Waals surface area contributed by atoms with Crippen molar-refractivity contribution in [3.8, 4) is 0 Å². The Kier molecular flexibility index (Phi) is 5.15. The van der Waals surface area contributed by atoms with Gasteiger partial charge in [-0.15, -0.1) is 0 Å². The number of sulfonamides is 1. The van der Waals surface area contributed by atoms with Gasteiger partial charge in [-0.3, -0.25) is 14.2 Å². The third-order valence-electron chi connectivity index (χ3n) is 5.42. The number of hydrogen-bond donors (Lipinski definition) is 1. The molecule has 30 heavy (non-hydrogen) atoms. The van der Waals surface area contributed by atoms with Gasteiger partial charge in [-0.05, 0) is 43.4 Å². The summed E-state index contributed by atoms with van der Waals surface area (Å²) in [6.07, 6.45) is 4.52. The Morgan fingerprint density at radius 2 is 1.73 bits per heavy atom. The standard InChI is InChI=1S/C20H24N4O5S/c1-22-12-17(19(26)23(2)20(22)27)30(28,29)24(16-9-10-16)11-13-3-5-14(6-4-13)18(25)21-15-7-8-15/h3-6,12,15-16H,7-11H2,1-2H3,(H,21,25). The molecule has 160 valence electrons. The van der Waals surface area contributed by atoms with Gasteiger partial charge < -0.3 is 9.88 Å². The molecule has 0 aliphatic heterocycles. The molecule has 2 aromatic rings. The molecule has 0 spiro atoms. The van der Waals surface area contributed by atoms with Crippen molar-refractivity contribution in [3.63, 3.8) is 0 Å². The molecule has 0 radical (unpaired) electrons. The summed E-state index contributed by atoms with van der Waals surface area (Å²) in [7, 11) is -1.43. The van der Waals surface area contributed by atoms with E-state index < -0.39 is 26.2 Å². The smallest absolute Gasteiger partial charge is 0.330 e. The zero-order chi connectivity index (χ0) is 21.6. The number of carbonyl (C=O) groups excluding carboxylic acids is 1. The summed E-state index contributed by atoms with van der Waals surface area (Å²) in [4.78, 5) is 36.1. The Balaban J connectivity index is 1.61. The van der Waals surface area contributed by atoms with Gasteiger partial charge in [0, 0.05) is 44.5 Å². The highest BCUT2D eigenvalue weighted by atomic mass is 32.2. The number of aryl methyl sites for hydroxylation is 1. The van der Waals surface area contributed by atoms with Crippen molar-refractivity contribution in [1.82, 2.24) is 18.8 Å². The predicted molar refractivity (Wildman–Crippen MR) is 110 cm³/mol. The van der Waals surface area contributed by atoms with Crippen molar-refractivity contribution in [2.24, 2.45) is 14.1 Å². The van der Waals surface area contributed by atoms with Crippen LogP contribution in [0.1, 0.15) is 41.6 Å². The summed E-state index contributed by atoms with van der Waals surface area (Å²) in [5.41, 5.74) is -0.179. The van der Waals surface area contributed by atoms with Crippen LogP contribution in [-0.2, 0) is 30.7 Å². The third kappa shape index (κ3) is 3.97. The lowest BCUT2D eigenvalue weighted by Crippen LogP contribution is -2.43. The minimum absolute atomic E-state index is 0.0868. The van der Waals surface area contributed by atoms with Crippen molar-refractivity contribution in [2.45, 2.75) is 49.2 Å². The Labute approximate surface area is 174 Å². The second-order valence-electron chi connectivity index (χ2n) is 7.98. The van der Waals surface area contributed by atoms with Crippen LogP contribution in [-0.4, -0.2) is 39.8 Å². The van der Waals surface area contributed by atoms with Crippen LogP contribution in [0.4, 0.5) is 0 Å². The number of benzene rings is 1. The second kappa shape index (κ2) is 7.51. The minimum atomic E-state index is -4.10. The molecule has 2 aliphatic carbocycles. The quantitative estimate of drug-likeness (QED) is 0.678. The lowest BCUT2D eigenvalue weighted by atomic mass is 10.1. The van der Waals surface area contributed by atoms with Crippen LogP contribution < -0.4 is 16.6 Å². The normalized spacial score (nSPS) is 16.6. The molecule has 2 saturated carbocycles. The molecule has 0 atom stereocenters. The first-order valence-electron chi connectivity index (χ1n) is 9.87. The first kappa shape index (κ1) is 20.5. The van der Waals surface area contributed by atoms with Gasteiger partial charge in [0.25, 0.3) is 21.5 Å². The van der Waals surface area contributed by atoms with Crippen molar-refractivity contribution in [2.75, 3.05) is 0 Å². The molecule has 0 unspecified atom stereocenters. The van der Waals surface area contributed by atoms with Gasteiger partial charge in [0.1, 0.15) is 0 Å². The van der Waals surface area contributed by atoms with Gasteiger partial charge in [-0.25, -0.2) is 13.2 Å². The van der Waals surface area contributed by atoms with E-state index in [0.29, 0.717) is 18.4 Å². The molecule has 1 aromatic carbocycles. The monoisotopic (exact) mass is 432 g/mol. The molecule has 1 amide bonds. The average molecular weight is 433 g/mol. The van der Waals surface area contributed by atoms with E-state index in [1.807, 2.05) is 0 Å². The maximum atomic E-state index is 13.3. The fraction of sp³-hybridized carbons (Fsp3) is 0.450. The van der Waals surface area contributed by atoms with Gasteiger partial charge >= 0.3 is 5.69 Å². The van der Waals surface area contributed by atoms with Crippen LogP contribution in [0.3, 0.4) is 0 Å². The van der Waals surface area contributed by atoms with Crippen LogP contribution in [0, 0.1) is 0 Å². The summed E-state index contributed by atoms with van der Waals surface area (Å²) >= 11 is 0. The summed E-state index contributed by atoms with van der Waals surface area (Å²) < 4.78 is 29.8. The maximum Gasteiger partial charge on any atom is 0.330 e. The van der Waals surface area contributed by atoms with Gasteiger partial charge in [-0.1, -0.05) is 12.1 Å². The first-order chi connectivity index (χ1) is 14.2. The molecule has 4 rings (SSSR count). The average Bonchev–Trinajstić information content (AvgIpc) is 3.62. The van der Waals surface area contributed by atoms with Crippen LogP contribution >= 0.6 is 0 Å². The number of amides is 1. The number of hydrogen-bond acceptors (Lipinski definition) is 5. The third-order valence-corrected chi connectivity index (χ3v) is 7.30. The van der Waals surface area contributed by atoms with E-state index in [9.17, 15) is 22.8 Å². The molecular weight excluding hydrogens is 408 g/mol. The molecule has 10 heteroatoms. The van der Waals surface area contributed by atoms with E-state index in [1.54, 1.807) is 24.3 Å². The molecule has 0 saturated heterocycles. The SMILES string of the molecule is Cn1cc(S(=O)(=O)N(Cc2ccc(C(=O)NC3CC3)cc2)C2CC2)c(=O)n(C)c1=O. The van der Waals surface area contributed by atoms with E-state index in [0.717, 1.165) is 33.7 Å². The predicted octanol–water partition coefficient (Wildman–Crippen LogP) is 0.330. The Hall–Kier alpha value is -2.72. The Morgan fingerprint density at radius 1 is 1.10 bits per heavy atom. The fourth-order valence-corrected chi connectivity index (χ4v) is 5.11. The molecule has 2 fully saturated rings. The van der Waals surface area contributed by atoms with Crippen molar-refractivity contribution in [3.05, 3.63) is 62.4 Å². The number of rotatable bonds is 7. The van der Waals surface area contributed by atoms with Crippen molar-refractivity contribution in [1.29, 1.82) is 0 Å². The summed E-state index contributed by atoms with van der Waals surface area (Å²) in [5.74, 6) is -0.135. The fourth-order valence-electron chi connectivity index (χ4n) is 3.29. The van der Waals surface area contributed by atoms with E-state index in [1.165, 1.54) is 18.4 Å². The zero-order valence-electron chi connectivity index (χ0n) is 16.9. The van der Waals surface area contributed by atoms with Gasteiger partial charge in [0.05, 0.1) is 0 Å². The second-order valence-corrected chi connectivity index (χ2v) is 9.84. The van der Waals surface area contributed by atoms with Crippen LogP contribution in [0.25, 0.3) is 0 Å². The van der Waals surface area contributed by atoms with E-state index in [4.69, 9.17) is 0 Å². The molecular formula is C20H24N4O5S. The lowest BCUT2D eigenvalue weighted by molar-refractivity contribution is 0.0951. The van der Waals surface area contributed by atoms with Gasteiger partial charge in [0.2, 0.25) is 0 Å². The van der Waals surface area contributed by atoms with Gasteiger partial charge in [-0.2, -0.15) is 4.31 Å². The van der Waals surface area contributed by atoms with E-state index in [2.05, 4.69) is 5.32 Å².